The van der Waals surface area contributed by atoms with E-state index in [1.165, 1.54) is 16.8 Å². The summed E-state index contributed by atoms with van der Waals surface area (Å²) >= 11 is 0.835. The molecule has 0 atom stereocenters. The average molecular weight is 312 g/mol. The number of carbonyl (C=O) groups is 1. The number of hydrogen-bond acceptors (Lipinski definition) is 4. The van der Waals surface area contributed by atoms with Crippen molar-refractivity contribution in [1.29, 1.82) is 0 Å². The lowest BCUT2D eigenvalue weighted by Crippen LogP contribution is -2.15. The Bertz CT molecular complexity index is 734. The van der Waals surface area contributed by atoms with Gasteiger partial charge in [0.1, 0.15) is 11.6 Å². The average Bonchev–Trinajstić information content (AvgIpc) is 2.43. The number of hydrogen-bond donors (Lipinski definition) is 1. The molecular weight excluding hydrogens is 302 g/mol. The Morgan fingerprint density at radius 2 is 2.10 bits per heavy atom. The van der Waals surface area contributed by atoms with Crippen LogP contribution in [0.15, 0.2) is 40.4 Å². The molecule has 1 aromatic heterocycles. The molecule has 2 aromatic rings. The number of thioether (sulfide) groups is 1. The van der Waals surface area contributed by atoms with Gasteiger partial charge in [0.05, 0.1) is 12.3 Å². The number of nitrogens with zero attached hydrogens (tertiary/aromatic N) is 2. The Labute approximate surface area is 122 Å². The lowest BCUT2D eigenvalue weighted by molar-refractivity contribution is -0.133. The van der Waals surface area contributed by atoms with E-state index in [4.69, 9.17) is 5.11 Å². The van der Waals surface area contributed by atoms with Crippen LogP contribution < -0.4 is 5.56 Å². The van der Waals surface area contributed by atoms with Crippen LogP contribution in [0.1, 0.15) is 5.56 Å². The van der Waals surface area contributed by atoms with Crippen molar-refractivity contribution in [2.75, 3.05) is 5.75 Å². The van der Waals surface area contributed by atoms with Crippen LogP contribution in [0, 0.1) is 11.6 Å². The van der Waals surface area contributed by atoms with E-state index in [9.17, 15) is 18.4 Å². The molecule has 0 spiro atoms. The molecule has 5 nitrogen and oxygen atoms in total. The molecular formula is C13H10F2N2O3S. The maximum Gasteiger partial charge on any atom is 0.313 e. The molecule has 0 aliphatic rings. The second-order valence-electron chi connectivity index (χ2n) is 4.09. The van der Waals surface area contributed by atoms with Gasteiger partial charge < -0.3 is 9.67 Å². The van der Waals surface area contributed by atoms with Gasteiger partial charge in [0.2, 0.25) is 0 Å². The maximum absolute atomic E-state index is 13.6. The molecule has 8 heteroatoms. The van der Waals surface area contributed by atoms with Gasteiger partial charge >= 0.3 is 5.97 Å². The number of halogens is 2. The summed E-state index contributed by atoms with van der Waals surface area (Å²) in [7, 11) is 0. The number of aliphatic carboxylic acids is 1. The third-order valence-corrected chi connectivity index (χ3v) is 3.50. The van der Waals surface area contributed by atoms with Crippen LogP contribution in [0.25, 0.3) is 0 Å². The van der Waals surface area contributed by atoms with E-state index >= 15 is 0 Å². The number of rotatable bonds is 5. The molecule has 110 valence electrons. The van der Waals surface area contributed by atoms with Gasteiger partial charge in [-0.25, -0.2) is 8.78 Å². The van der Waals surface area contributed by atoms with Crippen LogP contribution in [0.5, 0.6) is 0 Å². The normalized spacial score (nSPS) is 10.6. The van der Waals surface area contributed by atoms with E-state index in [1.54, 1.807) is 0 Å². The molecule has 0 saturated carbocycles. The zero-order valence-corrected chi connectivity index (χ0v) is 11.4. The summed E-state index contributed by atoms with van der Waals surface area (Å²) in [6.45, 7) is -0.0567. The van der Waals surface area contributed by atoms with Gasteiger partial charge in [0.15, 0.2) is 5.16 Å². The summed E-state index contributed by atoms with van der Waals surface area (Å²) in [5, 5.41) is 8.79. The van der Waals surface area contributed by atoms with Crippen molar-refractivity contribution in [3.8, 4) is 0 Å². The molecule has 0 saturated heterocycles. The zero-order valence-electron chi connectivity index (χ0n) is 10.6. The van der Waals surface area contributed by atoms with Crippen molar-refractivity contribution in [1.82, 2.24) is 9.55 Å². The monoisotopic (exact) mass is 312 g/mol. The van der Waals surface area contributed by atoms with E-state index in [-0.39, 0.29) is 23.0 Å². The smallest absolute Gasteiger partial charge is 0.313 e. The van der Waals surface area contributed by atoms with Crippen molar-refractivity contribution in [2.45, 2.75) is 11.7 Å². The summed E-state index contributed by atoms with van der Waals surface area (Å²) in [5.41, 5.74) is -0.448. The van der Waals surface area contributed by atoms with Crippen molar-refractivity contribution in [2.24, 2.45) is 0 Å². The highest BCUT2D eigenvalue weighted by atomic mass is 32.2. The Morgan fingerprint density at radius 3 is 2.81 bits per heavy atom. The summed E-state index contributed by atoms with van der Waals surface area (Å²) in [4.78, 5) is 25.5. The topological polar surface area (TPSA) is 72.2 Å². The van der Waals surface area contributed by atoms with E-state index in [2.05, 4.69) is 4.98 Å². The minimum atomic E-state index is -1.07. The molecule has 1 N–H and O–H groups in total. The van der Waals surface area contributed by atoms with Gasteiger partial charge in [-0.1, -0.05) is 11.8 Å². The fourth-order valence-corrected chi connectivity index (χ4v) is 2.32. The highest BCUT2D eigenvalue weighted by molar-refractivity contribution is 7.99. The first-order valence-electron chi connectivity index (χ1n) is 5.82. The molecule has 0 unspecified atom stereocenters. The van der Waals surface area contributed by atoms with Gasteiger partial charge in [-0.05, 0) is 18.2 Å². The van der Waals surface area contributed by atoms with Crippen LogP contribution in [-0.4, -0.2) is 26.4 Å². The lowest BCUT2D eigenvalue weighted by atomic mass is 10.2. The molecule has 21 heavy (non-hydrogen) atoms. The highest BCUT2D eigenvalue weighted by Crippen LogP contribution is 2.17. The molecule has 2 rings (SSSR count). The largest absolute Gasteiger partial charge is 0.481 e. The Hall–Kier alpha value is -2.22. The van der Waals surface area contributed by atoms with Crippen molar-refractivity contribution in [3.05, 3.63) is 58.0 Å². The number of carboxylic acid groups (broad SMARTS) is 1. The number of benzene rings is 1. The Balaban J connectivity index is 2.32. The van der Waals surface area contributed by atoms with E-state index in [1.807, 2.05) is 0 Å². The van der Waals surface area contributed by atoms with Gasteiger partial charge in [-0.2, -0.15) is 4.98 Å². The van der Waals surface area contributed by atoms with E-state index in [0.29, 0.717) is 0 Å². The SMILES string of the molecule is O=C(O)CSc1nc(=O)ccn1Cc1cc(F)ccc1F. The van der Waals surface area contributed by atoms with Gasteiger partial charge in [0, 0.05) is 17.8 Å². The Morgan fingerprint density at radius 1 is 1.33 bits per heavy atom. The van der Waals surface area contributed by atoms with Crippen LogP contribution in [0.2, 0.25) is 0 Å². The van der Waals surface area contributed by atoms with Crippen molar-refractivity contribution >= 4 is 17.7 Å². The molecule has 0 aliphatic heterocycles. The number of aromatic nitrogens is 2. The molecule has 1 aromatic carbocycles. The second kappa shape index (κ2) is 6.49. The second-order valence-corrected chi connectivity index (χ2v) is 5.04. The lowest BCUT2D eigenvalue weighted by Gasteiger charge is -2.11. The standard InChI is InChI=1S/C13H10F2N2O3S/c14-9-1-2-10(15)8(5-9)6-17-4-3-11(18)16-13(17)21-7-12(19)20/h1-5H,6-7H2,(H,19,20). The molecule has 0 aliphatic carbocycles. The number of carboxylic acids is 1. The molecule has 0 radical (unpaired) electrons. The van der Waals surface area contributed by atoms with E-state index < -0.39 is 23.2 Å². The van der Waals surface area contributed by atoms with Crippen LogP contribution in [-0.2, 0) is 11.3 Å². The van der Waals surface area contributed by atoms with Crippen LogP contribution >= 0.6 is 11.8 Å². The molecule has 1 heterocycles. The quantitative estimate of drug-likeness (QED) is 0.672. The maximum atomic E-state index is 13.6. The summed E-state index contributed by atoms with van der Waals surface area (Å²) < 4.78 is 28.2. The van der Waals surface area contributed by atoms with Gasteiger partial charge in [-0.3, -0.25) is 9.59 Å². The molecule has 0 fully saturated rings. The fraction of sp³-hybridized carbons (Fsp3) is 0.154. The zero-order chi connectivity index (χ0) is 15.4. The fourth-order valence-electron chi connectivity index (χ4n) is 1.62. The van der Waals surface area contributed by atoms with Crippen molar-refractivity contribution in [3.63, 3.8) is 0 Å². The third kappa shape index (κ3) is 4.12. The Kier molecular flexibility index (Phi) is 4.69. The van der Waals surface area contributed by atoms with Crippen molar-refractivity contribution < 1.29 is 18.7 Å². The molecule has 0 bridgehead atoms. The minimum absolute atomic E-state index is 0.0567. The van der Waals surface area contributed by atoms with Gasteiger partial charge in [-0.15, -0.1) is 0 Å². The predicted octanol–water partition coefficient (Wildman–Crippen LogP) is 1.75. The minimum Gasteiger partial charge on any atom is -0.481 e. The summed E-state index contributed by atoms with van der Waals surface area (Å²) in [6, 6.07) is 4.22. The predicted molar refractivity (Wildman–Crippen MR) is 72.3 cm³/mol. The molecule has 0 amide bonds. The van der Waals surface area contributed by atoms with Crippen LogP contribution in [0.4, 0.5) is 8.78 Å². The third-order valence-electron chi connectivity index (χ3n) is 2.52. The highest BCUT2D eigenvalue weighted by Gasteiger charge is 2.10. The first-order valence-corrected chi connectivity index (χ1v) is 6.80. The first-order chi connectivity index (χ1) is 9.95. The van der Waals surface area contributed by atoms with E-state index in [0.717, 1.165) is 30.0 Å². The van der Waals surface area contributed by atoms with Gasteiger partial charge in [0.25, 0.3) is 5.56 Å². The summed E-state index contributed by atoms with van der Waals surface area (Å²) in [6.07, 6.45) is 1.36. The van der Waals surface area contributed by atoms with Crippen LogP contribution in [0.3, 0.4) is 0 Å². The first kappa shape index (κ1) is 15.2. The summed E-state index contributed by atoms with van der Waals surface area (Å²) in [5.74, 6) is -2.53.